The van der Waals surface area contributed by atoms with Gasteiger partial charge in [0.25, 0.3) is 0 Å². The van der Waals surface area contributed by atoms with E-state index in [4.69, 9.17) is 10.7 Å². The number of aryl methyl sites for hydroxylation is 1. The molecule has 29 heavy (non-hydrogen) atoms. The third-order valence-corrected chi connectivity index (χ3v) is 5.68. The molecular formula is C22H28Cl2N4O. The second-order valence-electron chi connectivity index (χ2n) is 7.49. The number of halogens is 2. The highest BCUT2D eigenvalue weighted by Gasteiger charge is 2.28. The van der Waals surface area contributed by atoms with Gasteiger partial charge in [0.05, 0.1) is 11.0 Å². The molecule has 1 amide bonds. The fourth-order valence-corrected chi connectivity index (χ4v) is 4.14. The summed E-state index contributed by atoms with van der Waals surface area (Å²) in [5, 5.41) is 3.22. The number of fused-ring (bicyclic) bond motifs is 1. The topological polar surface area (TPSA) is 72.9 Å². The third-order valence-electron chi connectivity index (χ3n) is 5.68. The zero-order chi connectivity index (χ0) is 18.8. The van der Waals surface area contributed by atoms with Gasteiger partial charge in [-0.3, -0.25) is 4.79 Å². The number of amides is 1. The summed E-state index contributed by atoms with van der Waals surface area (Å²) in [6.07, 6.45) is 3.65. The fourth-order valence-electron chi connectivity index (χ4n) is 4.14. The number of carbonyl (C=O) groups excluding carboxylic acids is 1. The lowest BCUT2D eigenvalue weighted by Crippen LogP contribution is -2.35. The van der Waals surface area contributed by atoms with Gasteiger partial charge in [0.15, 0.2) is 0 Å². The molecule has 1 saturated carbocycles. The van der Waals surface area contributed by atoms with Crippen LogP contribution in [0.4, 0.5) is 0 Å². The van der Waals surface area contributed by atoms with Gasteiger partial charge in [-0.15, -0.1) is 24.8 Å². The van der Waals surface area contributed by atoms with Crippen LogP contribution in [0.3, 0.4) is 0 Å². The van der Waals surface area contributed by atoms with Crippen molar-refractivity contribution in [3.8, 4) is 0 Å². The van der Waals surface area contributed by atoms with Crippen LogP contribution in [0.15, 0.2) is 54.6 Å². The molecule has 0 spiro atoms. The molecule has 7 heteroatoms. The highest BCUT2D eigenvalue weighted by Crippen LogP contribution is 2.28. The Morgan fingerprint density at radius 2 is 1.83 bits per heavy atom. The molecule has 156 valence electrons. The maximum Gasteiger partial charge on any atom is 0.221 e. The molecule has 2 aromatic carbocycles. The van der Waals surface area contributed by atoms with Crippen LogP contribution in [0.5, 0.6) is 0 Å². The molecule has 5 nitrogen and oxygen atoms in total. The van der Waals surface area contributed by atoms with Crippen LogP contribution in [-0.2, 0) is 11.8 Å². The molecule has 0 saturated heterocycles. The predicted molar refractivity (Wildman–Crippen MR) is 122 cm³/mol. The highest BCUT2D eigenvalue weighted by atomic mass is 35.5. The van der Waals surface area contributed by atoms with Crippen LogP contribution < -0.4 is 11.1 Å². The molecule has 3 aromatic rings. The van der Waals surface area contributed by atoms with Gasteiger partial charge in [-0.1, -0.05) is 48.9 Å². The lowest BCUT2D eigenvalue weighted by molar-refractivity contribution is -0.122. The minimum Gasteiger partial charge on any atom is -0.342 e. The number of imidazole rings is 1. The van der Waals surface area contributed by atoms with Crippen molar-refractivity contribution in [3.63, 3.8) is 0 Å². The van der Waals surface area contributed by atoms with Gasteiger partial charge in [0.2, 0.25) is 5.91 Å². The zero-order valence-electron chi connectivity index (χ0n) is 16.5. The summed E-state index contributed by atoms with van der Waals surface area (Å²) >= 11 is 0. The highest BCUT2D eigenvalue weighted by molar-refractivity contribution is 5.85. The Morgan fingerprint density at radius 3 is 2.48 bits per heavy atom. The van der Waals surface area contributed by atoms with Gasteiger partial charge < -0.3 is 15.6 Å². The zero-order valence-corrected chi connectivity index (χ0v) is 18.1. The Hall–Kier alpha value is -2.08. The van der Waals surface area contributed by atoms with Crippen LogP contribution >= 0.6 is 24.8 Å². The first-order valence-electron chi connectivity index (χ1n) is 9.64. The SMILES string of the molecule is Cl.Cl.Cn1c(C(NC(=O)C[C@@H]2CCC[C@H]2N)c2ccccc2)nc2ccccc21. The average molecular weight is 435 g/mol. The summed E-state index contributed by atoms with van der Waals surface area (Å²) in [6, 6.07) is 17.9. The van der Waals surface area contributed by atoms with Crippen molar-refractivity contribution in [3.05, 3.63) is 66.0 Å². The standard InChI is InChI=1S/C22H26N4O.2ClH/c1-26-19-13-6-5-12-18(19)24-22(26)21(15-8-3-2-4-9-15)25-20(27)14-16-10-7-11-17(16)23;;/h2-6,8-9,12-13,16-17,21H,7,10-11,14,23H2,1H3,(H,25,27);2*1H/t16-,17+,21?;;/m0../s1. The van der Waals surface area contributed by atoms with Crippen molar-refractivity contribution in [1.29, 1.82) is 0 Å². The largest absolute Gasteiger partial charge is 0.342 e. The Bertz CT molecular complexity index is 944. The second-order valence-corrected chi connectivity index (χ2v) is 7.49. The lowest BCUT2D eigenvalue weighted by atomic mass is 9.99. The molecule has 1 fully saturated rings. The summed E-state index contributed by atoms with van der Waals surface area (Å²) in [4.78, 5) is 17.6. The smallest absolute Gasteiger partial charge is 0.221 e. The van der Waals surface area contributed by atoms with Gasteiger partial charge in [0, 0.05) is 19.5 Å². The van der Waals surface area contributed by atoms with E-state index in [2.05, 4.69) is 9.88 Å². The number of carbonyl (C=O) groups is 1. The number of aromatic nitrogens is 2. The van der Waals surface area contributed by atoms with Crippen LogP contribution in [0.25, 0.3) is 11.0 Å². The molecule has 1 aliphatic carbocycles. The van der Waals surface area contributed by atoms with Gasteiger partial charge in [-0.2, -0.15) is 0 Å². The molecule has 1 heterocycles. The monoisotopic (exact) mass is 434 g/mol. The summed E-state index contributed by atoms with van der Waals surface area (Å²) in [5.74, 6) is 1.16. The number of hydrogen-bond donors (Lipinski definition) is 2. The number of rotatable bonds is 5. The minimum absolute atomic E-state index is 0. The first-order valence-corrected chi connectivity index (χ1v) is 9.64. The minimum atomic E-state index is -0.284. The number of benzene rings is 2. The number of para-hydroxylation sites is 2. The van der Waals surface area contributed by atoms with E-state index in [1.54, 1.807) is 0 Å². The summed E-state index contributed by atoms with van der Waals surface area (Å²) in [6.45, 7) is 0. The van der Waals surface area contributed by atoms with E-state index >= 15 is 0 Å². The molecular weight excluding hydrogens is 407 g/mol. The predicted octanol–water partition coefficient (Wildman–Crippen LogP) is 4.14. The van der Waals surface area contributed by atoms with E-state index in [9.17, 15) is 4.79 Å². The normalized spacial score (nSPS) is 19.2. The van der Waals surface area contributed by atoms with Crippen molar-refractivity contribution >= 4 is 41.8 Å². The van der Waals surface area contributed by atoms with Crippen LogP contribution in [0.1, 0.15) is 43.1 Å². The maximum absolute atomic E-state index is 12.8. The molecule has 1 aromatic heterocycles. The third kappa shape index (κ3) is 4.92. The Morgan fingerprint density at radius 1 is 1.14 bits per heavy atom. The number of nitrogens with two attached hydrogens (primary N) is 1. The first kappa shape index (κ1) is 23.2. The summed E-state index contributed by atoms with van der Waals surface area (Å²) < 4.78 is 2.06. The number of hydrogen-bond acceptors (Lipinski definition) is 3. The van der Waals surface area contributed by atoms with Crippen LogP contribution in [0.2, 0.25) is 0 Å². The summed E-state index contributed by atoms with van der Waals surface area (Å²) in [7, 11) is 2.00. The van der Waals surface area contributed by atoms with Crippen molar-refractivity contribution in [1.82, 2.24) is 14.9 Å². The molecule has 0 bridgehead atoms. The van der Waals surface area contributed by atoms with Crippen LogP contribution in [-0.4, -0.2) is 21.5 Å². The lowest BCUT2D eigenvalue weighted by Gasteiger charge is -2.21. The Labute approximate surface area is 183 Å². The average Bonchev–Trinajstić information content (AvgIpc) is 3.24. The second kappa shape index (κ2) is 10.1. The van der Waals surface area contributed by atoms with E-state index in [0.717, 1.165) is 41.7 Å². The van der Waals surface area contributed by atoms with Gasteiger partial charge >= 0.3 is 0 Å². The number of nitrogens with one attached hydrogen (secondary N) is 1. The molecule has 1 unspecified atom stereocenters. The van der Waals surface area contributed by atoms with Crippen molar-refractivity contribution in [2.24, 2.45) is 18.7 Å². The molecule has 1 aliphatic rings. The quantitative estimate of drug-likeness (QED) is 0.633. The van der Waals surface area contributed by atoms with E-state index in [1.165, 1.54) is 0 Å². The van der Waals surface area contributed by atoms with Crippen LogP contribution in [0, 0.1) is 5.92 Å². The van der Waals surface area contributed by atoms with Crippen molar-refractivity contribution in [2.45, 2.75) is 37.8 Å². The Balaban J connectivity index is 0.00000150. The first-order chi connectivity index (χ1) is 13.1. The molecule has 4 rings (SSSR count). The maximum atomic E-state index is 12.8. The molecule has 3 atom stereocenters. The van der Waals surface area contributed by atoms with Gasteiger partial charge in [-0.25, -0.2) is 4.98 Å². The summed E-state index contributed by atoms with van der Waals surface area (Å²) in [5.41, 5.74) is 9.18. The van der Waals surface area contributed by atoms with Gasteiger partial charge in [0.1, 0.15) is 11.9 Å². The van der Waals surface area contributed by atoms with E-state index in [-0.39, 0.29) is 48.7 Å². The Kier molecular flexibility index (Phi) is 8.08. The van der Waals surface area contributed by atoms with E-state index < -0.39 is 0 Å². The molecule has 0 aliphatic heterocycles. The molecule has 0 radical (unpaired) electrons. The number of nitrogens with zero attached hydrogens (tertiary/aromatic N) is 2. The molecule has 3 N–H and O–H groups in total. The van der Waals surface area contributed by atoms with Gasteiger partial charge in [-0.05, 0) is 36.5 Å². The van der Waals surface area contributed by atoms with E-state index in [1.807, 2.05) is 61.6 Å². The van der Waals surface area contributed by atoms with Crippen molar-refractivity contribution in [2.75, 3.05) is 0 Å². The fraction of sp³-hybridized carbons (Fsp3) is 0.364. The van der Waals surface area contributed by atoms with Crippen molar-refractivity contribution < 1.29 is 4.79 Å². The van der Waals surface area contributed by atoms with E-state index in [0.29, 0.717) is 6.42 Å².